The molecule has 0 amide bonds. The van der Waals surface area contributed by atoms with Crippen LogP contribution in [0, 0.1) is 5.92 Å². The monoisotopic (exact) mass is 143 g/mol. The van der Waals surface area contributed by atoms with E-state index in [0.29, 0.717) is 0 Å². The first-order valence-electron chi connectivity index (χ1n) is 3.72. The minimum Gasteiger partial charge on any atom is -0.481 e. The van der Waals surface area contributed by atoms with Crippen LogP contribution in [0.1, 0.15) is 19.8 Å². The second kappa shape index (κ2) is 3.01. The molecule has 2 atom stereocenters. The van der Waals surface area contributed by atoms with Crippen LogP contribution in [0.3, 0.4) is 0 Å². The molecule has 0 aliphatic carbocycles. The van der Waals surface area contributed by atoms with Crippen molar-refractivity contribution in [3.8, 4) is 0 Å². The molecule has 1 saturated heterocycles. The van der Waals surface area contributed by atoms with Gasteiger partial charge in [-0.05, 0) is 19.4 Å². The second-order valence-corrected chi connectivity index (χ2v) is 2.70. The first-order chi connectivity index (χ1) is 4.75. The van der Waals surface area contributed by atoms with E-state index in [9.17, 15) is 4.79 Å². The fourth-order valence-electron chi connectivity index (χ4n) is 1.49. The van der Waals surface area contributed by atoms with Crippen molar-refractivity contribution in [2.24, 2.45) is 5.92 Å². The maximum absolute atomic E-state index is 10.5. The van der Waals surface area contributed by atoms with Gasteiger partial charge in [0, 0.05) is 6.04 Å². The van der Waals surface area contributed by atoms with Gasteiger partial charge in [0.25, 0.3) is 0 Å². The number of hydrogen-bond donors (Lipinski definition) is 2. The quantitative estimate of drug-likeness (QED) is 0.590. The Labute approximate surface area is 60.4 Å². The number of nitrogens with one attached hydrogen (secondary N) is 1. The number of hydrogen-bond acceptors (Lipinski definition) is 2. The Morgan fingerprint density at radius 2 is 2.50 bits per heavy atom. The zero-order valence-corrected chi connectivity index (χ0v) is 6.13. The molecule has 1 heterocycles. The van der Waals surface area contributed by atoms with Crippen LogP contribution >= 0.6 is 0 Å². The standard InChI is InChI=1S/C7H13NO2/c1-2-6-5(7(9)10)3-4-8-6/h5-6,8H,2-4H2,1H3,(H,9,10)/t5-,6+/m0/s1. The molecule has 2 N–H and O–H groups in total. The van der Waals surface area contributed by atoms with Crippen LogP contribution in [0.25, 0.3) is 0 Å². The highest BCUT2D eigenvalue weighted by atomic mass is 16.4. The predicted octanol–water partition coefficient (Wildman–Crippen LogP) is 0.459. The Morgan fingerprint density at radius 3 is 2.90 bits per heavy atom. The number of rotatable bonds is 2. The molecule has 0 radical (unpaired) electrons. The lowest BCUT2D eigenvalue weighted by Crippen LogP contribution is -2.30. The first-order valence-corrected chi connectivity index (χ1v) is 3.72. The molecular formula is C7H13NO2. The summed E-state index contributed by atoms with van der Waals surface area (Å²) in [7, 11) is 0. The van der Waals surface area contributed by atoms with Gasteiger partial charge < -0.3 is 10.4 Å². The van der Waals surface area contributed by atoms with Crippen molar-refractivity contribution >= 4 is 5.97 Å². The molecule has 1 aliphatic rings. The van der Waals surface area contributed by atoms with Crippen molar-refractivity contribution in [2.45, 2.75) is 25.8 Å². The third-order valence-electron chi connectivity index (χ3n) is 2.10. The van der Waals surface area contributed by atoms with Crippen molar-refractivity contribution in [1.82, 2.24) is 5.32 Å². The lowest BCUT2D eigenvalue weighted by Gasteiger charge is -2.12. The minimum atomic E-state index is -0.656. The summed E-state index contributed by atoms with van der Waals surface area (Å²) in [6, 6.07) is 0.206. The van der Waals surface area contributed by atoms with Crippen LogP contribution in [0.2, 0.25) is 0 Å². The molecule has 10 heavy (non-hydrogen) atoms. The summed E-state index contributed by atoms with van der Waals surface area (Å²) in [5.41, 5.74) is 0. The highest BCUT2D eigenvalue weighted by molar-refractivity contribution is 5.71. The van der Waals surface area contributed by atoms with Gasteiger partial charge in [-0.2, -0.15) is 0 Å². The number of carboxylic acids is 1. The summed E-state index contributed by atoms with van der Waals surface area (Å²) in [4.78, 5) is 10.5. The topological polar surface area (TPSA) is 49.3 Å². The Morgan fingerprint density at radius 1 is 1.80 bits per heavy atom. The van der Waals surface area contributed by atoms with Crippen molar-refractivity contribution in [3.63, 3.8) is 0 Å². The van der Waals surface area contributed by atoms with Crippen LogP contribution in [-0.2, 0) is 4.79 Å². The molecule has 0 aromatic heterocycles. The van der Waals surface area contributed by atoms with Gasteiger partial charge in [0.1, 0.15) is 0 Å². The van der Waals surface area contributed by atoms with Crippen molar-refractivity contribution in [1.29, 1.82) is 0 Å². The molecule has 0 saturated carbocycles. The van der Waals surface area contributed by atoms with E-state index in [2.05, 4.69) is 5.32 Å². The third kappa shape index (κ3) is 1.29. The zero-order chi connectivity index (χ0) is 7.56. The van der Waals surface area contributed by atoms with E-state index >= 15 is 0 Å². The van der Waals surface area contributed by atoms with Crippen LogP contribution in [0.5, 0.6) is 0 Å². The van der Waals surface area contributed by atoms with E-state index in [1.54, 1.807) is 0 Å². The molecule has 3 nitrogen and oxygen atoms in total. The highest BCUT2D eigenvalue weighted by Crippen LogP contribution is 2.17. The smallest absolute Gasteiger partial charge is 0.308 e. The molecule has 0 aromatic carbocycles. The summed E-state index contributed by atoms with van der Waals surface area (Å²) in [5.74, 6) is -0.804. The number of carbonyl (C=O) groups is 1. The Kier molecular flexibility index (Phi) is 2.27. The Bertz CT molecular complexity index is 136. The molecule has 1 aliphatic heterocycles. The molecule has 0 bridgehead atoms. The summed E-state index contributed by atoms with van der Waals surface area (Å²) in [6.45, 7) is 2.87. The van der Waals surface area contributed by atoms with Gasteiger partial charge in [-0.15, -0.1) is 0 Å². The number of carboxylic acid groups (broad SMARTS) is 1. The van der Waals surface area contributed by atoms with Crippen molar-refractivity contribution in [2.75, 3.05) is 6.54 Å². The van der Waals surface area contributed by atoms with E-state index in [-0.39, 0.29) is 12.0 Å². The fourth-order valence-corrected chi connectivity index (χ4v) is 1.49. The molecule has 0 unspecified atom stereocenters. The highest BCUT2D eigenvalue weighted by Gasteiger charge is 2.30. The maximum atomic E-state index is 10.5. The zero-order valence-electron chi connectivity index (χ0n) is 6.13. The van der Waals surface area contributed by atoms with Gasteiger partial charge in [-0.3, -0.25) is 4.79 Å². The van der Waals surface area contributed by atoms with Crippen molar-refractivity contribution < 1.29 is 9.90 Å². The van der Waals surface area contributed by atoms with E-state index in [4.69, 9.17) is 5.11 Å². The van der Waals surface area contributed by atoms with Gasteiger partial charge in [-0.1, -0.05) is 6.92 Å². The summed E-state index contributed by atoms with van der Waals surface area (Å²) >= 11 is 0. The summed E-state index contributed by atoms with van der Waals surface area (Å²) in [5, 5.41) is 11.8. The first kappa shape index (κ1) is 7.54. The van der Waals surface area contributed by atoms with Crippen molar-refractivity contribution in [3.05, 3.63) is 0 Å². The van der Waals surface area contributed by atoms with Crippen LogP contribution < -0.4 is 5.32 Å². The van der Waals surface area contributed by atoms with Crippen LogP contribution in [-0.4, -0.2) is 23.7 Å². The SMILES string of the molecule is CC[C@H]1NCC[C@@H]1C(=O)O. The van der Waals surface area contributed by atoms with E-state index < -0.39 is 5.97 Å². The largest absolute Gasteiger partial charge is 0.481 e. The number of aliphatic carboxylic acids is 1. The van der Waals surface area contributed by atoms with Gasteiger partial charge in [-0.25, -0.2) is 0 Å². The Hall–Kier alpha value is -0.570. The normalized spacial score (nSPS) is 32.5. The van der Waals surface area contributed by atoms with E-state index in [0.717, 1.165) is 19.4 Å². The van der Waals surface area contributed by atoms with E-state index in [1.165, 1.54) is 0 Å². The summed E-state index contributed by atoms with van der Waals surface area (Å²) < 4.78 is 0. The van der Waals surface area contributed by atoms with Gasteiger partial charge in [0.05, 0.1) is 5.92 Å². The second-order valence-electron chi connectivity index (χ2n) is 2.70. The van der Waals surface area contributed by atoms with Gasteiger partial charge >= 0.3 is 5.97 Å². The summed E-state index contributed by atoms with van der Waals surface area (Å²) in [6.07, 6.45) is 1.70. The average Bonchev–Trinajstić information content (AvgIpc) is 2.33. The molecule has 1 rings (SSSR count). The predicted molar refractivity (Wildman–Crippen MR) is 37.8 cm³/mol. The molecule has 58 valence electrons. The maximum Gasteiger partial charge on any atom is 0.308 e. The minimum absolute atomic E-state index is 0.148. The van der Waals surface area contributed by atoms with Crippen LogP contribution in [0.15, 0.2) is 0 Å². The lowest BCUT2D eigenvalue weighted by atomic mass is 9.99. The molecule has 0 spiro atoms. The molecule has 0 aromatic rings. The van der Waals surface area contributed by atoms with Gasteiger partial charge in [0.15, 0.2) is 0 Å². The molecular weight excluding hydrogens is 130 g/mol. The fraction of sp³-hybridized carbons (Fsp3) is 0.857. The van der Waals surface area contributed by atoms with E-state index in [1.807, 2.05) is 6.92 Å². The Balaban J connectivity index is 2.50. The average molecular weight is 143 g/mol. The van der Waals surface area contributed by atoms with Crippen LogP contribution in [0.4, 0.5) is 0 Å². The lowest BCUT2D eigenvalue weighted by molar-refractivity contribution is -0.142. The molecule has 1 fully saturated rings. The molecule has 3 heteroatoms. The van der Waals surface area contributed by atoms with Gasteiger partial charge in [0.2, 0.25) is 0 Å². The third-order valence-corrected chi connectivity index (χ3v) is 2.10.